The molecular weight excluding hydrogens is 411 g/mol. The zero-order valence-electron chi connectivity index (χ0n) is 17.7. The number of amides is 1. The van der Waals surface area contributed by atoms with E-state index in [2.05, 4.69) is 10.3 Å². The van der Waals surface area contributed by atoms with Crippen molar-refractivity contribution in [2.75, 3.05) is 24.6 Å². The molecule has 1 amide bonds. The highest BCUT2D eigenvalue weighted by molar-refractivity contribution is 5.73. The van der Waals surface area contributed by atoms with Gasteiger partial charge in [0.15, 0.2) is 6.61 Å². The Morgan fingerprint density at radius 3 is 2.68 bits per heavy atom. The van der Waals surface area contributed by atoms with Gasteiger partial charge in [-0.2, -0.15) is 4.39 Å². The number of halogens is 3. The summed E-state index contributed by atoms with van der Waals surface area (Å²) in [6, 6.07) is 8.83. The van der Waals surface area contributed by atoms with Gasteiger partial charge in [0.25, 0.3) is 11.8 Å². The molecule has 0 aliphatic carbocycles. The minimum absolute atomic E-state index is 0.0980. The first-order chi connectivity index (χ1) is 14.6. The molecule has 1 aromatic heterocycles. The van der Waals surface area contributed by atoms with Crippen LogP contribution < -0.4 is 19.7 Å². The van der Waals surface area contributed by atoms with Crippen molar-refractivity contribution in [2.45, 2.75) is 45.3 Å². The summed E-state index contributed by atoms with van der Waals surface area (Å²) in [5, 5.41) is 2.82. The largest absolute Gasteiger partial charge is 0.489 e. The second-order valence-electron chi connectivity index (χ2n) is 7.77. The second-order valence-corrected chi connectivity index (χ2v) is 7.77. The SMILES string of the molecule is CC(=O)N[C@@H](C)c1ccc(O[C@@H]2CCN(c3ccnc(OCC(C)(F)F)c3F)C2)cc1. The first-order valence-corrected chi connectivity index (χ1v) is 10.1. The smallest absolute Gasteiger partial charge is 0.278 e. The third kappa shape index (κ3) is 6.26. The average Bonchev–Trinajstić information content (AvgIpc) is 3.14. The molecule has 2 atom stereocenters. The van der Waals surface area contributed by atoms with E-state index >= 15 is 0 Å². The van der Waals surface area contributed by atoms with Gasteiger partial charge in [0.1, 0.15) is 11.9 Å². The van der Waals surface area contributed by atoms with Crippen molar-refractivity contribution in [3.63, 3.8) is 0 Å². The van der Waals surface area contributed by atoms with Crippen LogP contribution in [0.4, 0.5) is 18.9 Å². The Labute approximate surface area is 179 Å². The molecule has 3 rings (SSSR count). The van der Waals surface area contributed by atoms with Crippen molar-refractivity contribution in [1.29, 1.82) is 0 Å². The molecule has 2 heterocycles. The number of pyridine rings is 1. The van der Waals surface area contributed by atoms with Crippen molar-refractivity contribution in [3.05, 3.63) is 47.9 Å². The van der Waals surface area contributed by atoms with Crippen LogP contribution in [-0.4, -0.2) is 42.6 Å². The molecule has 0 saturated carbocycles. The number of nitrogens with zero attached hydrogens (tertiary/aromatic N) is 2. The van der Waals surface area contributed by atoms with Gasteiger partial charge in [0.2, 0.25) is 11.7 Å². The van der Waals surface area contributed by atoms with Gasteiger partial charge in [0, 0.05) is 33.0 Å². The summed E-state index contributed by atoms with van der Waals surface area (Å²) < 4.78 is 51.6. The van der Waals surface area contributed by atoms with Crippen molar-refractivity contribution in [3.8, 4) is 11.6 Å². The number of rotatable bonds is 8. The van der Waals surface area contributed by atoms with Gasteiger partial charge in [0.05, 0.1) is 18.3 Å². The van der Waals surface area contributed by atoms with Gasteiger partial charge in [-0.15, -0.1) is 0 Å². The monoisotopic (exact) mass is 437 g/mol. The van der Waals surface area contributed by atoms with E-state index in [4.69, 9.17) is 9.47 Å². The van der Waals surface area contributed by atoms with Gasteiger partial charge >= 0.3 is 0 Å². The van der Waals surface area contributed by atoms with Gasteiger partial charge < -0.3 is 19.7 Å². The number of benzene rings is 1. The highest BCUT2D eigenvalue weighted by Gasteiger charge is 2.29. The number of hydrogen-bond acceptors (Lipinski definition) is 5. The van der Waals surface area contributed by atoms with Crippen LogP contribution in [-0.2, 0) is 4.79 Å². The Morgan fingerprint density at radius 2 is 2.03 bits per heavy atom. The molecule has 6 nitrogen and oxygen atoms in total. The van der Waals surface area contributed by atoms with E-state index in [1.165, 1.54) is 19.2 Å². The van der Waals surface area contributed by atoms with E-state index in [1.807, 2.05) is 31.2 Å². The van der Waals surface area contributed by atoms with E-state index in [0.29, 0.717) is 32.2 Å². The first-order valence-electron chi connectivity index (χ1n) is 10.1. The Hall–Kier alpha value is -2.97. The van der Waals surface area contributed by atoms with Crippen molar-refractivity contribution < 1.29 is 27.4 Å². The number of ether oxygens (including phenoxy) is 2. The van der Waals surface area contributed by atoms with Crippen LogP contribution in [0.1, 0.15) is 38.8 Å². The van der Waals surface area contributed by atoms with Crippen molar-refractivity contribution in [1.82, 2.24) is 10.3 Å². The zero-order valence-corrected chi connectivity index (χ0v) is 17.7. The van der Waals surface area contributed by atoms with Gasteiger partial charge in [-0.1, -0.05) is 12.1 Å². The van der Waals surface area contributed by atoms with Gasteiger partial charge in [-0.25, -0.2) is 13.8 Å². The molecule has 31 heavy (non-hydrogen) atoms. The van der Waals surface area contributed by atoms with E-state index < -0.39 is 24.2 Å². The summed E-state index contributed by atoms with van der Waals surface area (Å²) in [4.78, 5) is 16.7. The molecule has 0 radical (unpaired) electrons. The topological polar surface area (TPSA) is 63.7 Å². The third-order valence-corrected chi connectivity index (χ3v) is 4.89. The fourth-order valence-corrected chi connectivity index (χ4v) is 3.41. The zero-order chi connectivity index (χ0) is 22.6. The standard InChI is InChI=1S/C22H26F3N3O3/c1-14(27-15(2)29)16-4-6-17(7-5-16)31-18-9-11-28(12-18)19-8-10-26-21(20(19)23)30-13-22(3,24)25/h4-8,10,14,18H,9,11-13H2,1-3H3,(H,27,29)/t14-,18+/m0/s1. The number of aromatic nitrogens is 1. The van der Waals surface area contributed by atoms with Crippen LogP contribution in [0.5, 0.6) is 11.6 Å². The summed E-state index contributed by atoms with van der Waals surface area (Å²) in [7, 11) is 0. The molecule has 2 aromatic rings. The van der Waals surface area contributed by atoms with Crippen LogP contribution in [0.2, 0.25) is 0 Å². The quantitative estimate of drug-likeness (QED) is 0.674. The molecule has 0 spiro atoms. The summed E-state index contributed by atoms with van der Waals surface area (Å²) in [5.74, 6) is -3.70. The summed E-state index contributed by atoms with van der Waals surface area (Å²) in [6.45, 7) is 4.11. The molecule has 0 unspecified atom stereocenters. The second kappa shape index (κ2) is 9.45. The molecule has 168 valence electrons. The predicted octanol–water partition coefficient (Wildman–Crippen LogP) is 4.11. The van der Waals surface area contributed by atoms with Crippen molar-refractivity contribution in [2.24, 2.45) is 0 Å². The fourth-order valence-electron chi connectivity index (χ4n) is 3.41. The summed E-state index contributed by atoms with van der Waals surface area (Å²) in [5.41, 5.74) is 1.20. The van der Waals surface area contributed by atoms with Crippen LogP contribution in [0, 0.1) is 5.82 Å². The Morgan fingerprint density at radius 1 is 1.32 bits per heavy atom. The molecule has 1 aliphatic rings. The summed E-state index contributed by atoms with van der Waals surface area (Å²) >= 11 is 0. The lowest BCUT2D eigenvalue weighted by Gasteiger charge is -2.21. The van der Waals surface area contributed by atoms with Crippen LogP contribution in [0.15, 0.2) is 36.5 Å². The maximum atomic E-state index is 14.7. The number of carbonyl (C=O) groups is 1. The van der Waals surface area contributed by atoms with Crippen LogP contribution >= 0.6 is 0 Å². The average molecular weight is 437 g/mol. The first kappa shape index (κ1) is 22.7. The lowest BCUT2D eigenvalue weighted by molar-refractivity contribution is -0.119. The number of nitrogens with one attached hydrogen (secondary N) is 1. The number of hydrogen-bond donors (Lipinski definition) is 1. The van der Waals surface area contributed by atoms with E-state index in [9.17, 15) is 18.0 Å². The lowest BCUT2D eigenvalue weighted by Crippen LogP contribution is -2.26. The van der Waals surface area contributed by atoms with E-state index in [0.717, 1.165) is 5.56 Å². The third-order valence-electron chi connectivity index (χ3n) is 4.89. The fraction of sp³-hybridized carbons (Fsp3) is 0.455. The lowest BCUT2D eigenvalue weighted by atomic mass is 10.1. The molecule has 1 aromatic carbocycles. The molecule has 0 bridgehead atoms. The predicted molar refractivity (Wildman–Crippen MR) is 110 cm³/mol. The van der Waals surface area contributed by atoms with Crippen LogP contribution in [0.3, 0.4) is 0 Å². The molecule has 9 heteroatoms. The Bertz CT molecular complexity index is 903. The minimum atomic E-state index is -3.08. The van der Waals surface area contributed by atoms with Crippen molar-refractivity contribution >= 4 is 11.6 Å². The van der Waals surface area contributed by atoms with E-state index in [-0.39, 0.29) is 23.7 Å². The molecule has 1 N–H and O–H groups in total. The Kier molecular flexibility index (Phi) is 6.92. The minimum Gasteiger partial charge on any atom is -0.489 e. The number of alkyl halides is 2. The Balaban J connectivity index is 1.60. The maximum Gasteiger partial charge on any atom is 0.278 e. The van der Waals surface area contributed by atoms with Gasteiger partial charge in [-0.05, 0) is 30.7 Å². The normalized spacial score (nSPS) is 17.4. The molecule has 1 aliphatic heterocycles. The van der Waals surface area contributed by atoms with Crippen LogP contribution in [0.25, 0.3) is 0 Å². The maximum absolute atomic E-state index is 14.7. The van der Waals surface area contributed by atoms with E-state index in [1.54, 1.807) is 4.90 Å². The van der Waals surface area contributed by atoms with Gasteiger partial charge in [-0.3, -0.25) is 4.79 Å². The summed E-state index contributed by atoms with van der Waals surface area (Å²) in [6.07, 6.45) is 1.86. The highest BCUT2D eigenvalue weighted by atomic mass is 19.3. The molecule has 1 saturated heterocycles. The highest BCUT2D eigenvalue weighted by Crippen LogP contribution is 2.30. The molecule has 1 fully saturated rings. The number of carbonyl (C=O) groups excluding carboxylic acids is 1. The number of anilines is 1. The molecular formula is C22H26F3N3O3.